The van der Waals surface area contributed by atoms with E-state index in [2.05, 4.69) is 23.8 Å². The molecule has 0 aliphatic carbocycles. The lowest BCUT2D eigenvalue weighted by atomic mass is 9.84. The number of anilines is 1. The summed E-state index contributed by atoms with van der Waals surface area (Å²) >= 11 is 0.849. The number of carboxylic acids is 1. The highest BCUT2D eigenvalue weighted by atomic mass is 32.2. The van der Waals surface area contributed by atoms with Gasteiger partial charge in [-0.2, -0.15) is 4.31 Å². The Morgan fingerprint density at radius 3 is 2.26 bits per heavy atom. The predicted octanol–water partition coefficient (Wildman–Crippen LogP) is 0.747. The highest BCUT2D eigenvalue weighted by molar-refractivity contribution is 8.13. The van der Waals surface area contributed by atoms with Gasteiger partial charge in [0.05, 0.1) is 31.6 Å². The number of phosphoric ester groups is 3. The Hall–Kier alpha value is -2.61. The Kier molecular flexibility index (Phi) is 17.4. The number of nitrogens with two attached hydrogens (primary N) is 1. The third-order valence-corrected chi connectivity index (χ3v) is 12.3. The molecule has 5 unspecified atom stereocenters. The van der Waals surface area contributed by atoms with Crippen LogP contribution in [0.25, 0.3) is 11.2 Å². The van der Waals surface area contributed by atoms with Crippen molar-refractivity contribution in [3.05, 3.63) is 12.7 Å². The molecule has 328 valence electrons. The number of Topliss-reactive ketones (excluding diaryl/α,β-unsaturated/α-hetero) is 2. The van der Waals surface area contributed by atoms with Crippen LogP contribution in [0.2, 0.25) is 0 Å². The van der Waals surface area contributed by atoms with E-state index in [-0.39, 0.29) is 60.6 Å². The number of aliphatic hydroxyl groups excluding tert-OH is 2. The summed E-state index contributed by atoms with van der Waals surface area (Å²) < 4.78 is 62.1. The summed E-state index contributed by atoms with van der Waals surface area (Å²) in [6, 6.07) is 0. The summed E-state index contributed by atoms with van der Waals surface area (Å²) in [6.45, 7) is 1.74. The Morgan fingerprint density at radius 1 is 0.983 bits per heavy atom. The van der Waals surface area contributed by atoms with Gasteiger partial charge in [-0.05, 0) is 19.8 Å². The fourth-order valence-electron chi connectivity index (χ4n) is 5.46. The van der Waals surface area contributed by atoms with Gasteiger partial charge in [0.15, 0.2) is 28.6 Å². The van der Waals surface area contributed by atoms with E-state index in [1.165, 1.54) is 20.8 Å². The van der Waals surface area contributed by atoms with Crippen LogP contribution >= 0.6 is 35.2 Å². The Balaban J connectivity index is 1.47. The van der Waals surface area contributed by atoms with Gasteiger partial charge in [-0.3, -0.25) is 37.3 Å². The summed E-state index contributed by atoms with van der Waals surface area (Å²) in [7, 11) is -16.4. The first-order chi connectivity index (χ1) is 26.6. The fourth-order valence-corrected chi connectivity index (χ4v) is 9.22. The van der Waals surface area contributed by atoms with Crippen molar-refractivity contribution in [1.82, 2.24) is 19.5 Å². The SMILES string of the molecule is CC(O)(CC(=O)O)CC(=O)SCCCC(=O)CCCC(=O)C(O)C(C)(C)COP(=O)(O)OP(=O)(O)OC[C@H]1O[C@@H](n2cnc3c(N)ncnc32)[C@@H](O)C1OP(=O)(O)O. The van der Waals surface area contributed by atoms with Gasteiger partial charge in [0.1, 0.15) is 42.0 Å². The van der Waals surface area contributed by atoms with Crippen molar-refractivity contribution < 1.29 is 95.5 Å². The lowest BCUT2D eigenvalue weighted by molar-refractivity contribution is -0.142. The minimum atomic E-state index is -5.58. The molecule has 25 nitrogen and oxygen atoms in total. The molecule has 58 heavy (non-hydrogen) atoms. The van der Waals surface area contributed by atoms with Crippen LogP contribution in [0, 0.1) is 5.41 Å². The maximum absolute atomic E-state index is 12.7. The van der Waals surface area contributed by atoms with Crippen molar-refractivity contribution in [2.24, 2.45) is 5.41 Å². The summed E-state index contributed by atoms with van der Waals surface area (Å²) in [5, 5.41) is 39.8. The number of hydrogen-bond donors (Lipinski definition) is 9. The van der Waals surface area contributed by atoms with Crippen LogP contribution in [0.5, 0.6) is 0 Å². The molecule has 10 N–H and O–H groups in total. The molecule has 1 fully saturated rings. The maximum Gasteiger partial charge on any atom is 0.481 e. The summed E-state index contributed by atoms with van der Waals surface area (Å²) in [6.07, 6.45) is -7.63. The van der Waals surface area contributed by atoms with Crippen LogP contribution in [-0.2, 0) is 55.5 Å². The number of phosphoric acid groups is 3. The molecular weight excluding hydrogens is 863 g/mol. The van der Waals surface area contributed by atoms with E-state index in [0.717, 1.165) is 29.0 Å². The van der Waals surface area contributed by atoms with Gasteiger partial charge in [0.2, 0.25) is 0 Å². The first-order valence-corrected chi connectivity index (χ1v) is 22.6. The van der Waals surface area contributed by atoms with E-state index in [1.54, 1.807) is 0 Å². The molecule has 3 rings (SSSR count). The molecule has 2 aromatic heterocycles. The Bertz CT molecular complexity index is 1940. The van der Waals surface area contributed by atoms with Crippen molar-refractivity contribution in [3.8, 4) is 0 Å². The molecule has 0 aromatic carbocycles. The molecule has 1 aliphatic heterocycles. The number of rotatable bonds is 25. The number of fused-ring (bicyclic) bond motifs is 1. The molecule has 0 spiro atoms. The number of imidazole rings is 1. The van der Waals surface area contributed by atoms with Gasteiger partial charge in [0, 0.05) is 36.9 Å². The highest BCUT2D eigenvalue weighted by Crippen LogP contribution is 2.61. The predicted molar refractivity (Wildman–Crippen MR) is 197 cm³/mol. The van der Waals surface area contributed by atoms with Crippen molar-refractivity contribution in [3.63, 3.8) is 0 Å². The number of nitrogen functional groups attached to an aromatic ring is 1. The number of aromatic nitrogens is 4. The Morgan fingerprint density at radius 2 is 1.62 bits per heavy atom. The standard InChI is InChI=1S/C29H46N5O20P3S/c1-28(2,24(41)17(36)8-4-6-16(35)7-5-9-58-20(39)11-29(3,42)10-19(37)38)13-51-57(48,49)54-56(46,47)50-12-18-23(53-55(43,44)45)22(40)27(52-18)34-15-33-21-25(30)31-14-32-26(21)34/h14-15,18,22-24,27,40-42H,4-13H2,1-3H3,(H,37,38)(H,46,47)(H,48,49)(H2,30,31,32)(H2,43,44,45)/t18-,22+,23?,24?,27-,29?/m1/s1. The van der Waals surface area contributed by atoms with E-state index in [1.807, 2.05) is 0 Å². The zero-order valence-electron chi connectivity index (χ0n) is 31.2. The number of hydrogen-bond acceptors (Lipinski definition) is 20. The zero-order valence-corrected chi connectivity index (χ0v) is 34.7. The summed E-state index contributed by atoms with van der Waals surface area (Å²) in [4.78, 5) is 98.6. The monoisotopic (exact) mass is 909 g/mol. The van der Waals surface area contributed by atoms with Crippen LogP contribution in [0.4, 0.5) is 5.82 Å². The van der Waals surface area contributed by atoms with Crippen molar-refractivity contribution in [1.29, 1.82) is 0 Å². The number of ketones is 2. The van der Waals surface area contributed by atoms with Gasteiger partial charge in [-0.15, -0.1) is 0 Å². The molecule has 0 amide bonds. The second kappa shape index (κ2) is 20.3. The molecule has 0 saturated carbocycles. The fraction of sp³-hybridized carbons (Fsp3) is 0.690. The van der Waals surface area contributed by atoms with Gasteiger partial charge in [-0.25, -0.2) is 28.6 Å². The summed E-state index contributed by atoms with van der Waals surface area (Å²) in [5.74, 6) is -2.07. The molecule has 2 aromatic rings. The number of ether oxygens (including phenoxy) is 1. The smallest absolute Gasteiger partial charge is 0.481 e. The van der Waals surface area contributed by atoms with Crippen molar-refractivity contribution in [2.75, 3.05) is 24.7 Å². The number of aliphatic carboxylic acids is 1. The van der Waals surface area contributed by atoms with Crippen LogP contribution in [0.1, 0.15) is 71.9 Å². The number of carbonyl (C=O) groups is 4. The largest absolute Gasteiger partial charge is 0.481 e. The average molecular weight is 910 g/mol. The highest BCUT2D eigenvalue weighted by Gasteiger charge is 2.50. The lowest BCUT2D eigenvalue weighted by Gasteiger charge is -2.30. The van der Waals surface area contributed by atoms with E-state index < -0.39 is 102 Å². The average Bonchev–Trinajstić information content (AvgIpc) is 3.63. The van der Waals surface area contributed by atoms with E-state index in [0.29, 0.717) is 6.42 Å². The third kappa shape index (κ3) is 15.4. The van der Waals surface area contributed by atoms with Crippen molar-refractivity contribution in [2.45, 2.75) is 102 Å². The molecule has 1 saturated heterocycles. The number of aliphatic hydroxyl groups is 3. The topological polar surface area (TPSA) is 397 Å². The zero-order chi connectivity index (χ0) is 43.9. The molecule has 0 radical (unpaired) electrons. The van der Waals surface area contributed by atoms with Gasteiger partial charge < -0.3 is 50.5 Å². The first-order valence-electron chi connectivity index (χ1n) is 17.1. The summed E-state index contributed by atoms with van der Waals surface area (Å²) in [5.41, 5.74) is 2.57. The van der Waals surface area contributed by atoms with Crippen LogP contribution in [0.3, 0.4) is 0 Å². The van der Waals surface area contributed by atoms with E-state index >= 15 is 0 Å². The maximum atomic E-state index is 12.7. The Labute approximate surface area is 334 Å². The van der Waals surface area contributed by atoms with Gasteiger partial charge in [-0.1, -0.05) is 25.6 Å². The second-order valence-corrected chi connectivity index (χ2v) is 19.5. The molecule has 3 heterocycles. The second-order valence-electron chi connectivity index (χ2n) is 14.1. The van der Waals surface area contributed by atoms with Crippen LogP contribution in [-0.4, -0.2) is 131 Å². The molecule has 29 heteroatoms. The number of carboxylic acid groups (broad SMARTS) is 1. The van der Waals surface area contributed by atoms with Gasteiger partial charge >= 0.3 is 29.4 Å². The van der Waals surface area contributed by atoms with Crippen LogP contribution < -0.4 is 5.73 Å². The van der Waals surface area contributed by atoms with E-state index in [9.17, 15) is 67.8 Å². The third-order valence-electron chi connectivity index (χ3n) is 8.28. The quantitative estimate of drug-likeness (QED) is 0.0490. The molecular formula is C29H46N5O20P3S. The van der Waals surface area contributed by atoms with Crippen LogP contribution in [0.15, 0.2) is 12.7 Å². The molecule has 8 atom stereocenters. The van der Waals surface area contributed by atoms with Gasteiger partial charge in [0.25, 0.3) is 0 Å². The number of nitrogens with zero attached hydrogens (tertiary/aromatic N) is 4. The molecule has 0 bridgehead atoms. The number of thioether (sulfide) groups is 1. The normalized spacial score (nSPS) is 22.5. The first kappa shape index (κ1) is 49.8. The lowest BCUT2D eigenvalue weighted by Crippen LogP contribution is -2.39. The number of carbonyl (C=O) groups excluding carboxylic acids is 3. The minimum Gasteiger partial charge on any atom is -0.481 e. The van der Waals surface area contributed by atoms with Crippen molar-refractivity contribution >= 4 is 74.9 Å². The minimum absolute atomic E-state index is 0.0211. The van der Waals surface area contributed by atoms with E-state index in [4.69, 9.17) is 24.6 Å². The molecule has 1 aliphatic rings.